The van der Waals surface area contributed by atoms with Crippen molar-refractivity contribution in [2.45, 2.75) is 38.1 Å². The van der Waals surface area contributed by atoms with Crippen LogP contribution in [0.4, 0.5) is 0 Å². The Morgan fingerprint density at radius 1 is 1.12 bits per heavy atom. The smallest absolute Gasteiger partial charge is 0.304 e. The number of carbonyl (C=O) groups is 2. The van der Waals surface area contributed by atoms with Crippen LogP contribution in [0, 0.1) is 11.3 Å². The number of methoxy groups -OCH3 is 1. The molecule has 1 fully saturated rings. The fourth-order valence-corrected chi connectivity index (χ4v) is 5.15. The summed E-state index contributed by atoms with van der Waals surface area (Å²) in [4.78, 5) is 25.6. The van der Waals surface area contributed by atoms with Crippen molar-refractivity contribution in [3.05, 3.63) is 69.7 Å². The van der Waals surface area contributed by atoms with Gasteiger partial charge in [0.25, 0.3) is 0 Å². The minimum Gasteiger partial charge on any atom is -0.481 e. The Kier molecular flexibility index (Phi) is 9.37. The second kappa shape index (κ2) is 12.0. The van der Waals surface area contributed by atoms with E-state index in [9.17, 15) is 14.7 Å². The molecular weight excluding hydrogens is 477 g/mol. The minimum absolute atomic E-state index is 0.172. The summed E-state index contributed by atoms with van der Waals surface area (Å²) in [5.41, 5.74) is 0.764. The van der Waals surface area contributed by atoms with Crippen LogP contribution in [-0.2, 0) is 19.1 Å². The van der Waals surface area contributed by atoms with Gasteiger partial charge in [0.05, 0.1) is 31.1 Å². The third kappa shape index (κ3) is 6.30. The first-order valence-electron chi connectivity index (χ1n) is 11.4. The molecule has 0 spiro atoms. The Bertz CT molecular complexity index is 983. The molecule has 34 heavy (non-hydrogen) atoms. The van der Waals surface area contributed by atoms with Crippen molar-refractivity contribution < 1.29 is 24.2 Å². The second-order valence-electron chi connectivity index (χ2n) is 8.89. The number of rotatable bonds is 11. The van der Waals surface area contributed by atoms with Gasteiger partial charge in [0.2, 0.25) is 5.91 Å². The van der Waals surface area contributed by atoms with Crippen LogP contribution < -0.4 is 5.32 Å². The van der Waals surface area contributed by atoms with Crippen molar-refractivity contribution in [3.8, 4) is 0 Å². The quantitative estimate of drug-likeness (QED) is 0.392. The zero-order valence-electron chi connectivity index (χ0n) is 19.4. The average molecular weight is 508 g/mol. The molecule has 0 bridgehead atoms. The normalized spacial score (nSPS) is 23.4. The van der Waals surface area contributed by atoms with Gasteiger partial charge in [0.1, 0.15) is 0 Å². The lowest BCUT2D eigenvalue weighted by Crippen LogP contribution is -2.54. The van der Waals surface area contributed by atoms with Gasteiger partial charge >= 0.3 is 5.97 Å². The van der Waals surface area contributed by atoms with E-state index in [1.807, 2.05) is 37.3 Å². The SMILES string of the molecule is COCCOCC[C@H](C)[C@]1(CC(=O)O)C[C@H](c2cccc(Cl)c2)[C@@H](c2ccc(Cl)cc2)NC1=O. The van der Waals surface area contributed by atoms with Gasteiger partial charge in [-0.05, 0) is 54.2 Å². The Morgan fingerprint density at radius 3 is 2.50 bits per heavy atom. The van der Waals surface area contributed by atoms with Gasteiger partial charge in [-0.15, -0.1) is 0 Å². The first-order valence-corrected chi connectivity index (χ1v) is 12.1. The van der Waals surface area contributed by atoms with E-state index in [4.69, 9.17) is 32.7 Å². The number of carboxylic acids is 1. The molecule has 3 rings (SSSR count). The van der Waals surface area contributed by atoms with Gasteiger partial charge in [0.15, 0.2) is 0 Å². The van der Waals surface area contributed by atoms with Gasteiger partial charge in [-0.1, -0.05) is 54.4 Å². The Morgan fingerprint density at radius 2 is 1.85 bits per heavy atom. The Balaban J connectivity index is 1.96. The summed E-state index contributed by atoms with van der Waals surface area (Å²) in [5.74, 6) is -1.65. The summed E-state index contributed by atoms with van der Waals surface area (Å²) < 4.78 is 10.6. The molecule has 0 saturated carbocycles. The lowest BCUT2D eigenvalue weighted by atomic mass is 9.61. The number of halogens is 2. The van der Waals surface area contributed by atoms with Crippen LogP contribution in [0.5, 0.6) is 0 Å². The topological polar surface area (TPSA) is 84.9 Å². The molecule has 184 valence electrons. The highest BCUT2D eigenvalue weighted by molar-refractivity contribution is 6.30. The number of nitrogens with one attached hydrogen (secondary N) is 1. The van der Waals surface area contributed by atoms with E-state index in [-0.39, 0.29) is 30.2 Å². The van der Waals surface area contributed by atoms with Crippen LogP contribution in [0.15, 0.2) is 48.5 Å². The number of aliphatic carboxylic acids is 1. The maximum absolute atomic E-state index is 13.6. The summed E-state index contributed by atoms with van der Waals surface area (Å²) >= 11 is 12.4. The predicted octanol–water partition coefficient (Wildman–Crippen LogP) is 5.49. The number of amides is 1. The lowest BCUT2D eigenvalue weighted by molar-refractivity contribution is -0.152. The molecule has 0 radical (unpaired) electrons. The summed E-state index contributed by atoms with van der Waals surface area (Å²) in [5, 5.41) is 14.1. The van der Waals surface area contributed by atoms with Gasteiger partial charge in [-0.3, -0.25) is 9.59 Å². The lowest BCUT2D eigenvalue weighted by Gasteiger charge is -2.47. The van der Waals surface area contributed by atoms with Crippen molar-refractivity contribution in [1.29, 1.82) is 0 Å². The third-order valence-electron chi connectivity index (χ3n) is 6.77. The van der Waals surface area contributed by atoms with Crippen molar-refractivity contribution in [3.63, 3.8) is 0 Å². The zero-order valence-corrected chi connectivity index (χ0v) is 20.9. The number of carbonyl (C=O) groups excluding carboxylic acids is 1. The van der Waals surface area contributed by atoms with E-state index >= 15 is 0 Å². The van der Waals surface area contributed by atoms with Crippen molar-refractivity contribution in [1.82, 2.24) is 5.32 Å². The molecule has 0 aliphatic carbocycles. The standard InChI is InChI=1S/C26H31Cl2NO5/c1-17(10-11-34-13-12-33-2)26(16-23(30)31)15-22(19-4-3-5-21(28)14-19)24(29-25(26)32)18-6-8-20(27)9-7-18/h3-9,14,17,22,24H,10-13,15-16H2,1-2H3,(H,29,32)(H,30,31)/t17-,22+,24+,26+/m0/s1. The van der Waals surface area contributed by atoms with Gasteiger partial charge in [0, 0.05) is 29.7 Å². The second-order valence-corrected chi connectivity index (χ2v) is 9.76. The van der Waals surface area contributed by atoms with E-state index in [0.29, 0.717) is 42.7 Å². The Hall–Kier alpha value is -2.12. The summed E-state index contributed by atoms with van der Waals surface area (Å²) in [6.45, 7) is 3.28. The largest absolute Gasteiger partial charge is 0.481 e. The van der Waals surface area contributed by atoms with Gasteiger partial charge < -0.3 is 19.9 Å². The number of ether oxygens (including phenoxy) is 2. The third-order valence-corrected chi connectivity index (χ3v) is 7.26. The van der Waals surface area contributed by atoms with E-state index < -0.39 is 11.4 Å². The van der Waals surface area contributed by atoms with Gasteiger partial charge in [-0.2, -0.15) is 0 Å². The molecule has 2 N–H and O–H groups in total. The van der Waals surface area contributed by atoms with E-state index in [2.05, 4.69) is 5.32 Å². The van der Waals surface area contributed by atoms with Crippen molar-refractivity contribution in [2.24, 2.45) is 11.3 Å². The van der Waals surface area contributed by atoms with Crippen LogP contribution in [0.3, 0.4) is 0 Å². The zero-order chi connectivity index (χ0) is 24.7. The predicted molar refractivity (Wildman–Crippen MR) is 132 cm³/mol. The molecule has 1 amide bonds. The maximum Gasteiger partial charge on any atom is 0.304 e. The summed E-state index contributed by atoms with van der Waals surface area (Å²) in [7, 11) is 1.60. The van der Waals surface area contributed by atoms with Crippen molar-refractivity contribution >= 4 is 35.1 Å². The summed E-state index contributed by atoms with van der Waals surface area (Å²) in [6, 6.07) is 14.6. The molecule has 1 saturated heterocycles. The van der Waals surface area contributed by atoms with Crippen LogP contribution >= 0.6 is 23.2 Å². The first kappa shape index (κ1) is 26.5. The van der Waals surface area contributed by atoms with E-state index in [1.54, 1.807) is 25.3 Å². The van der Waals surface area contributed by atoms with Crippen LogP contribution in [-0.4, -0.2) is 43.9 Å². The number of benzene rings is 2. The number of carboxylic acid groups (broad SMARTS) is 1. The van der Waals surface area contributed by atoms with Gasteiger partial charge in [-0.25, -0.2) is 0 Å². The molecule has 6 nitrogen and oxygen atoms in total. The average Bonchev–Trinajstić information content (AvgIpc) is 2.80. The van der Waals surface area contributed by atoms with E-state index in [1.165, 1.54) is 0 Å². The molecule has 8 heteroatoms. The maximum atomic E-state index is 13.6. The highest BCUT2D eigenvalue weighted by Gasteiger charge is 2.52. The monoisotopic (exact) mass is 507 g/mol. The van der Waals surface area contributed by atoms with Crippen LogP contribution in [0.2, 0.25) is 10.0 Å². The number of hydrogen-bond donors (Lipinski definition) is 2. The molecule has 1 heterocycles. The number of piperidine rings is 1. The molecule has 2 aromatic rings. The minimum atomic E-state index is -1.09. The molecule has 1 aliphatic rings. The summed E-state index contributed by atoms with van der Waals surface area (Å²) in [6.07, 6.45) is 0.665. The Labute approximate surface area is 210 Å². The highest BCUT2D eigenvalue weighted by atomic mass is 35.5. The molecular formula is C26H31Cl2NO5. The molecule has 0 aromatic heterocycles. The van der Waals surface area contributed by atoms with E-state index in [0.717, 1.165) is 11.1 Å². The molecule has 4 atom stereocenters. The highest BCUT2D eigenvalue weighted by Crippen LogP contribution is 2.51. The molecule has 2 aromatic carbocycles. The fraction of sp³-hybridized carbons (Fsp3) is 0.462. The van der Waals surface area contributed by atoms with Crippen molar-refractivity contribution in [2.75, 3.05) is 26.9 Å². The van der Waals surface area contributed by atoms with Crippen LogP contribution in [0.25, 0.3) is 0 Å². The molecule has 0 unspecified atom stereocenters. The molecule has 1 aliphatic heterocycles. The first-order chi connectivity index (χ1) is 16.3. The fourth-order valence-electron chi connectivity index (χ4n) is 4.82. The number of hydrogen-bond acceptors (Lipinski definition) is 4. The van der Waals surface area contributed by atoms with Crippen LogP contribution in [0.1, 0.15) is 49.3 Å².